The molecule has 0 fully saturated rings. The van der Waals surface area contributed by atoms with Crippen molar-refractivity contribution in [3.63, 3.8) is 0 Å². The van der Waals surface area contributed by atoms with Crippen LogP contribution in [0.25, 0.3) is 0 Å². The van der Waals surface area contributed by atoms with E-state index >= 15 is 0 Å². The van der Waals surface area contributed by atoms with E-state index in [1.54, 1.807) is 26.4 Å². The van der Waals surface area contributed by atoms with Crippen LogP contribution in [-0.2, 0) is 0 Å². The Hall–Kier alpha value is -2.34. The molecule has 2 aromatic carbocycles. The molecule has 2 rings (SSSR count). The van der Waals surface area contributed by atoms with E-state index in [9.17, 15) is 4.39 Å². The van der Waals surface area contributed by atoms with Gasteiger partial charge in [-0.25, -0.2) is 4.39 Å². The molecule has 1 atom stereocenters. The number of hydrogen-bond donors (Lipinski definition) is 2. The Labute approximate surface area is 147 Å². The molecule has 4 nitrogen and oxygen atoms in total. The van der Waals surface area contributed by atoms with Crippen molar-refractivity contribution in [3.05, 3.63) is 53.8 Å². The van der Waals surface area contributed by atoms with Gasteiger partial charge in [-0.05, 0) is 60.6 Å². The summed E-state index contributed by atoms with van der Waals surface area (Å²) in [4.78, 5) is 0. The predicted octanol–water partition coefficient (Wildman–Crippen LogP) is 4.28. The van der Waals surface area contributed by atoms with Crippen LogP contribution in [0.2, 0.25) is 0 Å². The molecule has 2 aromatic rings. The molecule has 0 saturated heterocycles. The number of halogens is 1. The Bertz CT molecular complexity index is 692. The lowest BCUT2D eigenvalue weighted by atomic mass is 10.0. The van der Waals surface area contributed by atoms with Crippen molar-refractivity contribution in [2.45, 2.75) is 19.4 Å². The van der Waals surface area contributed by atoms with Gasteiger partial charge in [0.05, 0.1) is 20.3 Å². The second kappa shape index (κ2) is 8.49. The summed E-state index contributed by atoms with van der Waals surface area (Å²) in [5.41, 5.74) is 1.77. The van der Waals surface area contributed by atoms with E-state index in [4.69, 9.17) is 21.7 Å². The molecule has 0 aromatic heterocycles. The highest BCUT2D eigenvalue weighted by Gasteiger charge is 2.14. The van der Waals surface area contributed by atoms with E-state index < -0.39 is 0 Å². The Kier molecular flexibility index (Phi) is 6.37. The SMILES string of the molecule is CCC(NC(=S)Nc1ccc(F)cc1)c1ccc(OC)c(OC)c1. The third-order valence-corrected chi connectivity index (χ3v) is 3.85. The van der Waals surface area contributed by atoms with Crippen LogP contribution in [0.3, 0.4) is 0 Å². The highest BCUT2D eigenvalue weighted by molar-refractivity contribution is 7.80. The summed E-state index contributed by atoms with van der Waals surface area (Å²) >= 11 is 5.35. The molecule has 0 aliphatic rings. The Morgan fingerprint density at radius 2 is 1.75 bits per heavy atom. The molecular formula is C18H21FN2O2S. The third kappa shape index (κ3) is 4.58. The van der Waals surface area contributed by atoms with Crippen LogP contribution in [0.15, 0.2) is 42.5 Å². The first-order valence-corrected chi connectivity index (χ1v) is 8.03. The predicted molar refractivity (Wildman–Crippen MR) is 98.3 cm³/mol. The molecule has 0 amide bonds. The molecule has 0 heterocycles. The van der Waals surface area contributed by atoms with Crippen LogP contribution in [0.4, 0.5) is 10.1 Å². The van der Waals surface area contributed by atoms with Crippen LogP contribution in [0, 0.1) is 5.82 Å². The minimum atomic E-state index is -0.281. The zero-order valence-electron chi connectivity index (χ0n) is 13.9. The number of methoxy groups -OCH3 is 2. The van der Waals surface area contributed by atoms with E-state index in [0.717, 1.165) is 17.7 Å². The second-order valence-electron chi connectivity index (χ2n) is 5.18. The zero-order chi connectivity index (χ0) is 17.5. The first-order valence-electron chi connectivity index (χ1n) is 7.62. The van der Waals surface area contributed by atoms with Crippen molar-refractivity contribution in [2.24, 2.45) is 0 Å². The average Bonchev–Trinajstić information content (AvgIpc) is 2.61. The molecule has 0 aliphatic carbocycles. The van der Waals surface area contributed by atoms with Gasteiger partial charge in [-0.15, -0.1) is 0 Å². The van der Waals surface area contributed by atoms with Crippen molar-refractivity contribution in [1.29, 1.82) is 0 Å². The van der Waals surface area contributed by atoms with Crippen molar-refractivity contribution in [2.75, 3.05) is 19.5 Å². The molecule has 24 heavy (non-hydrogen) atoms. The summed E-state index contributed by atoms with van der Waals surface area (Å²) < 4.78 is 23.6. The first-order chi connectivity index (χ1) is 11.6. The number of benzene rings is 2. The maximum Gasteiger partial charge on any atom is 0.171 e. The minimum absolute atomic E-state index is 0.0188. The van der Waals surface area contributed by atoms with Gasteiger partial charge < -0.3 is 20.1 Å². The summed E-state index contributed by atoms with van der Waals surface area (Å²) in [5.74, 6) is 1.08. The van der Waals surface area contributed by atoms with Gasteiger partial charge in [0.25, 0.3) is 0 Å². The first kappa shape index (κ1) is 18.0. The lowest BCUT2D eigenvalue weighted by molar-refractivity contribution is 0.354. The standard InChI is InChI=1S/C18H21FN2O2S/c1-4-15(12-5-10-16(22-2)17(11-12)23-3)21-18(24)20-14-8-6-13(19)7-9-14/h5-11,15H,4H2,1-3H3,(H2,20,21,24). The summed E-state index contributed by atoms with van der Waals surface area (Å²) in [6, 6.07) is 11.8. The van der Waals surface area contributed by atoms with Crippen molar-refractivity contribution in [1.82, 2.24) is 5.32 Å². The summed E-state index contributed by atoms with van der Waals surface area (Å²) in [6.45, 7) is 2.06. The zero-order valence-corrected chi connectivity index (χ0v) is 14.7. The van der Waals surface area contributed by atoms with Crippen LogP contribution in [0.5, 0.6) is 11.5 Å². The maximum atomic E-state index is 12.9. The molecule has 128 valence electrons. The van der Waals surface area contributed by atoms with Crippen LogP contribution >= 0.6 is 12.2 Å². The molecule has 1 unspecified atom stereocenters. The van der Waals surface area contributed by atoms with Gasteiger partial charge >= 0.3 is 0 Å². The quantitative estimate of drug-likeness (QED) is 0.763. The second-order valence-corrected chi connectivity index (χ2v) is 5.59. The molecular weight excluding hydrogens is 327 g/mol. The van der Waals surface area contributed by atoms with E-state index in [-0.39, 0.29) is 11.9 Å². The number of nitrogens with one attached hydrogen (secondary N) is 2. The van der Waals surface area contributed by atoms with Gasteiger partial charge in [0, 0.05) is 5.69 Å². The highest BCUT2D eigenvalue weighted by Crippen LogP contribution is 2.30. The van der Waals surface area contributed by atoms with Crippen molar-refractivity contribution >= 4 is 23.0 Å². The molecule has 0 bridgehead atoms. The van der Waals surface area contributed by atoms with Gasteiger partial charge in [-0.2, -0.15) is 0 Å². The Morgan fingerprint density at radius 1 is 1.08 bits per heavy atom. The van der Waals surface area contributed by atoms with E-state index in [1.165, 1.54) is 12.1 Å². The van der Waals surface area contributed by atoms with Crippen LogP contribution < -0.4 is 20.1 Å². The Balaban J connectivity index is 2.08. The molecule has 0 aliphatic heterocycles. The molecule has 0 radical (unpaired) electrons. The number of rotatable bonds is 6. The van der Waals surface area contributed by atoms with Gasteiger partial charge in [-0.1, -0.05) is 13.0 Å². The highest BCUT2D eigenvalue weighted by atomic mass is 32.1. The lowest BCUT2D eigenvalue weighted by Crippen LogP contribution is -2.32. The summed E-state index contributed by atoms with van der Waals surface area (Å²) in [6.07, 6.45) is 0.834. The van der Waals surface area contributed by atoms with Crippen molar-refractivity contribution < 1.29 is 13.9 Å². The van der Waals surface area contributed by atoms with Gasteiger partial charge in [0.15, 0.2) is 16.6 Å². The van der Waals surface area contributed by atoms with Crippen molar-refractivity contribution in [3.8, 4) is 11.5 Å². The fourth-order valence-electron chi connectivity index (χ4n) is 2.35. The molecule has 6 heteroatoms. The average molecular weight is 348 g/mol. The fraction of sp³-hybridized carbons (Fsp3) is 0.278. The fourth-order valence-corrected chi connectivity index (χ4v) is 2.61. The van der Waals surface area contributed by atoms with Gasteiger partial charge in [0.2, 0.25) is 0 Å². The smallest absolute Gasteiger partial charge is 0.171 e. The van der Waals surface area contributed by atoms with Crippen LogP contribution in [0.1, 0.15) is 24.9 Å². The molecule has 0 spiro atoms. The van der Waals surface area contributed by atoms with Crippen LogP contribution in [-0.4, -0.2) is 19.3 Å². The number of ether oxygens (including phenoxy) is 2. The monoisotopic (exact) mass is 348 g/mol. The minimum Gasteiger partial charge on any atom is -0.493 e. The lowest BCUT2D eigenvalue weighted by Gasteiger charge is -2.21. The van der Waals surface area contributed by atoms with E-state index in [0.29, 0.717) is 16.6 Å². The molecule has 0 saturated carbocycles. The third-order valence-electron chi connectivity index (χ3n) is 3.63. The van der Waals surface area contributed by atoms with Gasteiger partial charge in [-0.3, -0.25) is 0 Å². The summed E-state index contributed by atoms with van der Waals surface area (Å²) in [7, 11) is 3.21. The summed E-state index contributed by atoms with van der Waals surface area (Å²) in [5, 5.41) is 6.79. The topological polar surface area (TPSA) is 42.5 Å². The van der Waals surface area contributed by atoms with Gasteiger partial charge in [0.1, 0.15) is 5.82 Å². The number of hydrogen-bond acceptors (Lipinski definition) is 3. The normalized spacial score (nSPS) is 11.5. The largest absolute Gasteiger partial charge is 0.493 e. The molecule has 2 N–H and O–H groups in total. The number of anilines is 1. The van der Waals surface area contributed by atoms with E-state index in [1.807, 2.05) is 18.2 Å². The maximum absolute atomic E-state index is 12.9. The Morgan fingerprint density at radius 3 is 2.33 bits per heavy atom. The number of thiocarbonyl (C=S) groups is 1. The van der Waals surface area contributed by atoms with E-state index in [2.05, 4.69) is 17.6 Å².